The summed E-state index contributed by atoms with van der Waals surface area (Å²) in [6, 6.07) is 15.8. The molecule has 0 saturated carbocycles. The van der Waals surface area contributed by atoms with Crippen molar-refractivity contribution in [3.05, 3.63) is 77.0 Å². The molecule has 0 bridgehead atoms. The van der Waals surface area contributed by atoms with E-state index >= 15 is 0 Å². The number of carbonyl (C=O) groups is 1. The van der Waals surface area contributed by atoms with Gasteiger partial charge in [-0.25, -0.2) is 13.4 Å². The monoisotopic (exact) mass is 392 g/mol. The van der Waals surface area contributed by atoms with Gasteiger partial charge in [0.05, 0.1) is 11.9 Å². The first-order valence-corrected chi connectivity index (χ1v) is 10.1. The second kappa shape index (κ2) is 7.58. The maximum atomic E-state index is 12.9. The Balaban J connectivity index is 2.04. The Morgan fingerprint density at radius 2 is 1.79 bits per heavy atom. The van der Waals surface area contributed by atoms with Crippen LogP contribution in [0.1, 0.15) is 27.0 Å². The number of hydrogen-bond donors (Lipinski definition) is 1. The number of para-hydroxylation sites is 1. The molecule has 1 heterocycles. The summed E-state index contributed by atoms with van der Waals surface area (Å²) in [5.41, 5.74) is 2.39. The van der Waals surface area contributed by atoms with Crippen molar-refractivity contribution in [1.82, 2.24) is 9.97 Å². The standard InChI is InChI=1S/C20H16N4O3S/c1-13-7-9-14(10-8-13)18(25)16-5-3-4-6-17(16)23-19-15(11-21)12-22-20(24-19)28(2,26)27/h3-10,12H,1-2H3,(H,22,23,24). The van der Waals surface area contributed by atoms with Crippen LogP contribution in [0, 0.1) is 18.3 Å². The second-order valence-corrected chi connectivity index (χ2v) is 8.07. The molecule has 0 saturated heterocycles. The molecule has 1 aromatic heterocycles. The van der Waals surface area contributed by atoms with Crippen molar-refractivity contribution in [1.29, 1.82) is 5.26 Å². The quantitative estimate of drug-likeness (QED) is 0.524. The van der Waals surface area contributed by atoms with Crippen LogP contribution >= 0.6 is 0 Å². The molecule has 2 aromatic carbocycles. The zero-order chi connectivity index (χ0) is 20.3. The lowest BCUT2D eigenvalue weighted by atomic mass is 10.0. The molecule has 0 atom stereocenters. The van der Waals surface area contributed by atoms with E-state index in [4.69, 9.17) is 0 Å². The fourth-order valence-electron chi connectivity index (χ4n) is 2.50. The Bertz CT molecular complexity index is 1200. The first-order valence-electron chi connectivity index (χ1n) is 8.24. The summed E-state index contributed by atoms with van der Waals surface area (Å²) >= 11 is 0. The van der Waals surface area contributed by atoms with Gasteiger partial charge in [-0.3, -0.25) is 4.79 Å². The Morgan fingerprint density at radius 3 is 2.43 bits per heavy atom. The summed E-state index contributed by atoms with van der Waals surface area (Å²) < 4.78 is 23.5. The number of benzene rings is 2. The Morgan fingerprint density at radius 1 is 1.11 bits per heavy atom. The van der Waals surface area contributed by atoms with E-state index in [-0.39, 0.29) is 17.2 Å². The molecule has 0 aliphatic rings. The Kier molecular flexibility index (Phi) is 5.20. The highest BCUT2D eigenvalue weighted by Gasteiger charge is 2.18. The average molecular weight is 392 g/mol. The molecule has 7 nitrogen and oxygen atoms in total. The van der Waals surface area contributed by atoms with E-state index in [1.807, 2.05) is 25.1 Å². The minimum Gasteiger partial charge on any atom is -0.338 e. The number of anilines is 2. The molecule has 0 unspecified atom stereocenters. The number of ketones is 1. The van der Waals surface area contributed by atoms with Crippen LogP contribution < -0.4 is 5.32 Å². The molecule has 1 N–H and O–H groups in total. The summed E-state index contributed by atoms with van der Waals surface area (Å²) in [6.07, 6.45) is 2.11. The van der Waals surface area contributed by atoms with Gasteiger partial charge in [0.1, 0.15) is 11.6 Å². The molecule has 140 valence electrons. The van der Waals surface area contributed by atoms with E-state index < -0.39 is 15.0 Å². The molecular weight excluding hydrogens is 376 g/mol. The minimum atomic E-state index is -3.65. The van der Waals surface area contributed by atoms with Gasteiger partial charge in [-0.1, -0.05) is 42.0 Å². The number of nitrogens with one attached hydrogen (secondary N) is 1. The van der Waals surface area contributed by atoms with Gasteiger partial charge in [-0.15, -0.1) is 0 Å². The van der Waals surface area contributed by atoms with E-state index in [2.05, 4.69) is 15.3 Å². The summed E-state index contributed by atoms with van der Waals surface area (Å²) in [5, 5.41) is 11.8. The van der Waals surface area contributed by atoms with Crippen LogP contribution in [0.15, 0.2) is 59.9 Å². The molecule has 3 aromatic rings. The van der Waals surface area contributed by atoms with Crippen molar-refractivity contribution >= 4 is 27.1 Å². The van der Waals surface area contributed by atoms with Crippen molar-refractivity contribution in [2.75, 3.05) is 11.6 Å². The first kappa shape index (κ1) is 19.2. The highest BCUT2D eigenvalue weighted by Crippen LogP contribution is 2.25. The predicted molar refractivity (Wildman–Crippen MR) is 104 cm³/mol. The Labute approximate surface area is 162 Å². The van der Waals surface area contributed by atoms with Gasteiger partial charge in [0.2, 0.25) is 15.0 Å². The smallest absolute Gasteiger partial charge is 0.248 e. The number of rotatable bonds is 5. The minimum absolute atomic E-state index is 0.0158. The SMILES string of the molecule is Cc1ccc(C(=O)c2ccccc2Nc2nc(S(C)(=O)=O)ncc2C#N)cc1. The lowest BCUT2D eigenvalue weighted by Crippen LogP contribution is -2.10. The van der Waals surface area contributed by atoms with Crippen molar-refractivity contribution in [3.63, 3.8) is 0 Å². The van der Waals surface area contributed by atoms with E-state index in [9.17, 15) is 18.5 Å². The number of carbonyl (C=O) groups excluding carboxylic acids is 1. The van der Waals surface area contributed by atoms with Gasteiger partial charge in [0.15, 0.2) is 11.6 Å². The molecular formula is C20H16N4O3S. The van der Waals surface area contributed by atoms with Crippen LogP contribution in [0.4, 0.5) is 11.5 Å². The van der Waals surface area contributed by atoms with Crippen LogP contribution in [0.2, 0.25) is 0 Å². The van der Waals surface area contributed by atoms with Gasteiger partial charge in [-0.05, 0) is 19.1 Å². The average Bonchev–Trinajstić information content (AvgIpc) is 2.68. The molecule has 8 heteroatoms. The number of aromatic nitrogens is 2. The molecule has 28 heavy (non-hydrogen) atoms. The van der Waals surface area contributed by atoms with Crippen LogP contribution in [0.3, 0.4) is 0 Å². The van der Waals surface area contributed by atoms with Crippen LogP contribution in [-0.4, -0.2) is 30.4 Å². The van der Waals surface area contributed by atoms with Gasteiger partial charge >= 0.3 is 0 Å². The van der Waals surface area contributed by atoms with E-state index in [1.165, 1.54) is 0 Å². The fraction of sp³-hybridized carbons (Fsp3) is 0.100. The summed E-state index contributed by atoms with van der Waals surface area (Å²) in [6.45, 7) is 1.93. The number of nitriles is 1. The lowest BCUT2D eigenvalue weighted by Gasteiger charge is -2.12. The summed E-state index contributed by atoms with van der Waals surface area (Å²) in [7, 11) is -3.65. The van der Waals surface area contributed by atoms with E-state index in [0.29, 0.717) is 16.8 Å². The topological polar surface area (TPSA) is 113 Å². The van der Waals surface area contributed by atoms with Crippen LogP contribution in [0.5, 0.6) is 0 Å². The van der Waals surface area contributed by atoms with Crippen LogP contribution in [-0.2, 0) is 9.84 Å². The number of aryl methyl sites for hydroxylation is 1. The largest absolute Gasteiger partial charge is 0.338 e. The van der Waals surface area contributed by atoms with Gasteiger partial charge in [0, 0.05) is 17.4 Å². The number of nitrogens with zero attached hydrogens (tertiary/aromatic N) is 3. The number of sulfone groups is 1. The summed E-state index contributed by atoms with van der Waals surface area (Å²) in [5.74, 6) is -0.193. The maximum Gasteiger partial charge on any atom is 0.248 e. The molecule has 0 fully saturated rings. The highest BCUT2D eigenvalue weighted by atomic mass is 32.2. The Hall–Kier alpha value is -3.57. The van der Waals surface area contributed by atoms with Crippen molar-refractivity contribution in [2.24, 2.45) is 0 Å². The number of hydrogen-bond acceptors (Lipinski definition) is 7. The normalized spacial score (nSPS) is 10.9. The van der Waals surface area contributed by atoms with E-state index in [1.54, 1.807) is 36.4 Å². The molecule has 3 rings (SSSR count). The zero-order valence-corrected chi connectivity index (χ0v) is 16.0. The maximum absolute atomic E-state index is 12.9. The highest BCUT2D eigenvalue weighted by molar-refractivity contribution is 7.90. The molecule has 0 amide bonds. The van der Waals surface area contributed by atoms with Crippen molar-refractivity contribution in [2.45, 2.75) is 12.1 Å². The van der Waals surface area contributed by atoms with Crippen molar-refractivity contribution < 1.29 is 13.2 Å². The van der Waals surface area contributed by atoms with Gasteiger partial charge < -0.3 is 5.32 Å². The van der Waals surface area contributed by atoms with Gasteiger partial charge in [0.25, 0.3) is 0 Å². The van der Waals surface area contributed by atoms with Crippen LogP contribution in [0.25, 0.3) is 0 Å². The first-order chi connectivity index (χ1) is 13.3. The molecule has 0 aliphatic heterocycles. The third-order valence-electron chi connectivity index (χ3n) is 3.96. The third-order valence-corrected chi connectivity index (χ3v) is 4.82. The lowest BCUT2D eigenvalue weighted by molar-refractivity contribution is 0.103. The molecule has 0 spiro atoms. The van der Waals surface area contributed by atoms with E-state index in [0.717, 1.165) is 18.0 Å². The van der Waals surface area contributed by atoms with Crippen molar-refractivity contribution in [3.8, 4) is 6.07 Å². The van der Waals surface area contributed by atoms with Gasteiger partial charge in [-0.2, -0.15) is 10.2 Å². The summed E-state index contributed by atoms with van der Waals surface area (Å²) in [4.78, 5) is 20.6. The zero-order valence-electron chi connectivity index (χ0n) is 15.2. The molecule has 0 radical (unpaired) electrons. The fourth-order valence-corrected chi connectivity index (χ4v) is 3.00. The third kappa shape index (κ3) is 4.05. The molecule has 0 aliphatic carbocycles. The second-order valence-electron chi connectivity index (χ2n) is 6.16. The predicted octanol–water partition coefficient (Wildman–Crippen LogP) is 3.03.